The highest BCUT2D eigenvalue weighted by Crippen LogP contribution is 2.42. The van der Waals surface area contributed by atoms with E-state index in [0.29, 0.717) is 48.8 Å². The van der Waals surface area contributed by atoms with E-state index in [1.807, 2.05) is 0 Å². The first-order valence-corrected chi connectivity index (χ1v) is 9.61. The van der Waals surface area contributed by atoms with E-state index in [1.165, 1.54) is 11.3 Å². The molecule has 27 heavy (non-hydrogen) atoms. The van der Waals surface area contributed by atoms with Gasteiger partial charge in [-0.25, -0.2) is 4.79 Å². The largest absolute Gasteiger partial charge is 0.450 e. The molecule has 7 nitrogen and oxygen atoms in total. The van der Waals surface area contributed by atoms with Crippen molar-refractivity contribution in [3.05, 3.63) is 40.5 Å². The maximum atomic E-state index is 12.7. The second-order valence-electron chi connectivity index (χ2n) is 5.96. The Bertz CT molecular complexity index is 888. The molecule has 0 aliphatic carbocycles. The smallest absolute Gasteiger partial charge is 0.410 e. The second kappa shape index (κ2) is 8.18. The van der Waals surface area contributed by atoms with Crippen molar-refractivity contribution in [3.63, 3.8) is 0 Å². The van der Waals surface area contributed by atoms with Crippen LogP contribution in [0.15, 0.2) is 24.5 Å². The van der Waals surface area contributed by atoms with Gasteiger partial charge in [-0.2, -0.15) is 5.26 Å². The maximum absolute atomic E-state index is 12.7. The lowest BCUT2D eigenvalue weighted by molar-refractivity contribution is -0.117. The Morgan fingerprint density at radius 3 is 2.89 bits per heavy atom. The molecule has 0 saturated heterocycles. The third-order valence-electron chi connectivity index (χ3n) is 4.34. The maximum Gasteiger partial charge on any atom is 0.410 e. The monoisotopic (exact) mass is 384 g/mol. The number of rotatable bonds is 4. The van der Waals surface area contributed by atoms with Gasteiger partial charge in [0.15, 0.2) is 0 Å². The van der Waals surface area contributed by atoms with Gasteiger partial charge in [0.2, 0.25) is 5.91 Å². The lowest BCUT2D eigenvalue weighted by Gasteiger charge is -2.25. The molecule has 2 aromatic rings. The number of nitrogens with zero attached hydrogens (tertiary/aromatic N) is 4. The van der Waals surface area contributed by atoms with E-state index in [0.717, 1.165) is 10.4 Å². The minimum atomic E-state index is -0.356. The molecule has 0 unspecified atom stereocenters. The van der Waals surface area contributed by atoms with Crippen LogP contribution in [0.4, 0.5) is 15.5 Å². The highest BCUT2D eigenvalue weighted by molar-refractivity contribution is 7.16. The molecular formula is C19H20N4O3S. The van der Waals surface area contributed by atoms with Gasteiger partial charge in [-0.15, -0.1) is 11.3 Å². The molecule has 2 amide bonds. The number of carbonyl (C=O) groups is 2. The molecule has 1 aliphatic rings. The summed E-state index contributed by atoms with van der Waals surface area (Å²) in [7, 11) is 0. The molecule has 1 aliphatic heterocycles. The normalized spacial score (nSPS) is 12.9. The van der Waals surface area contributed by atoms with Gasteiger partial charge in [-0.05, 0) is 31.0 Å². The summed E-state index contributed by atoms with van der Waals surface area (Å²) >= 11 is 1.38. The summed E-state index contributed by atoms with van der Waals surface area (Å²) in [6, 6.07) is 5.82. The standard InChI is InChI=1S/C19H20N4O3S/c1-3-17(24)23(13-6-5-8-21-11-13)18-15(10-20)14-7-9-22(12-16(14)27-18)19(25)26-4-2/h5-6,8,11H,3-4,7,9,12H2,1-2H3. The molecule has 0 N–H and O–H groups in total. The van der Waals surface area contributed by atoms with Crippen molar-refractivity contribution in [2.45, 2.75) is 33.2 Å². The van der Waals surface area contributed by atoms with E-state index >= 15 is 0 Å². The number of carbonyl (C=O) groups excluding carboxylic acids is 2. The molecule has 0 bridgehead atoms. The van der Waals surface area contributed by atoms with Crippen molar-refractivity contribution in [2.75, 3.05) is 18.1 Å². The van der Waals surface area contributed by atoms with Gasteiger partial charge in [0.25, 0.3) is 0 Å². The molecule has 0 radical (unpaired) electrons. The fourth-order valence-corrected chi connectivity index (χ4v) is 4.40. The van der Waals surface area contributed by atoms with Crippen LogP contribution >= 0.6 is 11.3 Å². The molecule has 3 heterocycles. The van der Waals surface area contributed by atoms with Gasteiger partial charge in [0.05, 0.1) is 30.6 Å². The summed E-state index contributed by atoms with van der Waals surface area (Å²) in [5.41, 5.74) is 2.04. The number of hydrogen-bond acceptors (Lipinski definition) is 6. The van der Waals surface area contributed by atoms with Crippen molar-refractivity contribution in [3.8, 4) is 6.07 Å². The molecule has 2 aromatic heterocycles. The van der Waals surface area contributed by atoms with Crippen LogP contribution in [0.5, 0.6) is 0 Å². The van der Waals surface area contributed by atoms with E-state index in [2.05, 4.69) is 11.1 Å². The first-order chi connectivity index (χ1) is 13.1. The molecule has 140 valence electrons. The highest BCUT2D eigenvalue weighted by atomic mass is 32.1. The van der Waals surface area contributed by atoms with Crippen LogP contribution < -0.4 is 4.90 Å². The number of pyridine rings is 1. The first kappa shape index (κ1) is 18.9. The lowest BCUT2D eigenvalue weighted by atomic mass is 10.0. The molecule has 0 saturated carbocycles. The van der Waals surface area contributed by atoms with Crippen LogP contribution in [0.2, 0.25) is 0 Å². The number of nitriles is 1. The SMILES string of the molecule is CCOC(=O)N1CCc2c(sc(N(C(=O)CC)c3cccnc3)c2C#N)C1. The highest BCUT2D eigenvalue weighted by Gasteiger charge is 2.31. The summed E-state index contributed by atoms with van der Waals surface area (Å²) < 4.78 is 5.09. The van der Waals surface area contributed by atoms with E-state index in [4.69, 9.17) is 4.74 Å². The molecule has 0 spiro atoms. The fraction of sp³-hybridized carbons (Fsp3) is 0.368. The second-order valence-corrected chi connectivity index (χ2v) is 7.04. The van der Waals surface area contributed by atoms with E-state index < -0.39 is 0 Å². The molecule has 0 atom stereocenters. The molecule has 0 fully saturated rings. The predicted octanol–water partition coefficient (Wildman–Crippen LogP) is 3.60. The minimum Gasteiger partial charge on any atom is -0.450 e. The predicted molar refractivity (Wildman–Crippen MR) is 102 cm³/mol. The van der Waals surface area contributed by atoms with E-state index in [1.54, 1.807) is 48.2 Å². The summed E-state index contributed by atoms with van der Waals surface area (Å²) in [5, 5.41) is 10.4. The third-order valence-corrected chi connectivity index (χ3v) is 5.54. The van der Waals surface area contributed by atoms with Crippen molar-refractivity contribution < 1.29 is 14.3 Å². The fourth-order valence-electron chi connectivity index (χ4n) is 3.05. The zero-order valence-corrected chi connectivity index (χ0v) is 16.1. The van der Waals surface area contributed by atoms with Gasteiger partial charge < -0.3 is 9.64 Å². The van der Waals surface area contributed by atoms with Crippen LogP contribution in [0.1, 0.15) is 36.3 Å². The lowest BCUT2D eigenvalue weighted by Crippen LogP contribution is -2.35. The third kappa shape index (κ3) is 3.64. The average Bonchev–Trinajstić information content (AvgIpc) is 3.06. The number of amides is 2. The number of fused-ring (bicyclic) bond motifs is 1. The number of hydrogen-bond donors (Lipinski definition) is 0. The Balaban J connectivity index is 2.03. The summed E-state index contributed by atoms with van der Waals surface area (Å²) in [6.45, 7) is 4.75. The number of anilines is 2. The summed E-state index contributed by atoms with van der Waals surface area (Å²) in [5.74, 6) is -0.111. The number of ether oxygens (including phenoxy) is 1. The minimum absolute atomic E-state index is 0.111. The van der Waals surface area contributed by atoms with Crippen LogP contribution in [-0.4, -0.2) is 35.0 Å². The van der Waals surface area contributed by atoms with Gasteiger partial charge in [0, 0.05) is 24.0 Å². The van der Waals surface area contributed by atoms with E-state index in [-0.39, 0.29) is 12.0 Å². The Labute approximate surface area is 161 Å². The average molecular weight is 384 g/mol. The van der Waals surface area contributed by atoms with Crippen molar-refractivity contribution >= 4 is 34.0 Å². The topological polar surface area (TPSA) is 86.5 Å². The molecule has 0 aromatic carbocycles. The Morgan fingerprint density at radius 1 is 1.44 bits per heavy atom. The van der Waals surface area contributed by atoms with Crippen LogP contribution in [-0.2, 0) is 22.5 Å². The Kier molecular flexibility index (Phi) is 5.72. The zero-order chi connectivity index (χ0) is 19.4. The van der Waals surface area contributed by atoms with Gasteiger partial charge >= 0.3 is 6.09 Å². The van der Waals surface area contributed by atoms with Crippen molar-refractivity contribution in [1.29, 1.82) is 5.26 Å². The van der Waals surface area contributed by atoms with Gasteiger partial charge in [-0.3, -0.25) is 14.7 Å². The first-order valence-electron chi connectivity index (χ1n) is 8.80. The Morgan fingerprint density at radius 2 is 2.26 bits per heavy atom. The number of aromatic nitrogens is 1. The molecule has 8 heteroatoms. The Hall–Kier alpha value is -2.92. The molecular weight excluding hydrogens is 364 g/mol. The summed E-state index contributed by atoms with van der Waals surface area (Å²) in [4.78, 5) is 32.9. The van der Waals surface area contributed by atoms with Gasteiger partial charge in [0.1, 0.15) is 11.1 Å². The van der Waals surface area contributed by atoms with Crippen LogP contribution in [0.25, 0.3) is 0 Å². The van der Waals surface area contributed by atoms with Crippen LogP contribution in [0, 0.1) is 11.3 Å². The van der Waals surface area contributed by atoms with Crippen LogP contribution in [0.3, 0.4) is 0 Å². The molecule has 3 rings (SSSR count). The summed E-state index contributed by atoms with van der Waals surface area (Å²) in [6.07, 6.45) is 3.76. The van der Waals surface area contributed by atoms with Crippen molar-refractivity contribution in [2.24, 2.45) is 0 Å². The number of thiophene rings is 1. The quantitative estimate of drug-likeness (QED) is 0.804. The van der Waals surface area contributed by atoms with Crippen molar-refractivity contribution in [1.82, 2.24) is 9.88 Å². The van der Waals surface area contributed by atoms with Gasteiger partial charge in [-0.1, -0.05) is 6.92 Å². The zero-order valence-electron chi connectivity index (χ0n) is 15.3. The van der Waals surface area contributed by atoms with E-state index in [9.17, 15) is 14.9 Å².